The van der Waals surface area contributed by atoms with Crippen molar-refractivity contribution in [2.75, 3.05) is 12.9 Å². The minimum absolute atomic E-state index is 0.119. The maximum atomic E-state index is 13.2. The zero-order valence-corrected chi connectivity index (χ0v) is 10.1. The molecule has 2 nitrogen and oxygen atoms in total. The largest absolute Gasteiger partial charge is 0.468 e. The first-order valence-corrected chi connectivity index (χ1v) is 5.66. The number of ether oxygens (including phenoxy) is 1. The number of rotatable bonds is 3. The lowest BCUT2D eigenvalue weighted by Crippen LogP contribution is -2.03. The smallest absolute Gasteiger partial charge is 0.315 e. The summed E-state index contributed by atoms with van der Waals surface area (Å²) in [5, 5.41) is 0. The summed E-state index contributed by atoms with van der Waals surface area (Å²) in [5.41, 5.74) is 0. The maximum absolute atomic E-state index is 13.2. The van der Waals surface area contributed by atoms with Crippen LogP contribution in [0.5, 0.6) is 0 Å². The lowest BCUT2D eigenvalue weighted by Gasteiger charge is -2.04. The Balaban J connectivity index is 2.81. The van der Waals surface area contributed by atoms with Gasteiger partial charge in [0.1, 0.15) is 11.6 Å². The summed E-state index contributed by atoms with van der Waals surface area (Å²) in [6.45, 7) is 0. The summed E-state index contributed by atoms with van der Waals surface area (Å²) in [6.07, 6.45) is 0. The average Bonchev–Trinajstić information content (AvgIpc) is 2.15. The van der Waals surface area contributed by atoms with Crippen molar-refractivity contribution in [1.82, 2.24) is 0 Å². The Morgan fingerprint density at radius 3 is 2.47 bits per heavy atom. The van der Waals surface area contributed by atoms with Crippen molar-refractivity contribution in [2.45, 2.75) is 4.90 Å². The lowest BCUT2D eigenvalue weighted by atomic mass is 10.3. The van der Waals surface area contributed by atoms with Crippen molar-refractivity contribution in [3.8, 4) is 0 Å². The summed E-state index contributed by atoms with van der Waals surface area (Å²) < 4.78 is 31.1. The predicted octanol–water partition coefficient (Wildman–Crippen LogP) is 2.99. The van der Waals surface area contributed by atoms with Crippen molar-refractivity contribution in [3.63, 3.8) is 0 Å². The molecule has 0 N–H and O–H groups in total. The van der Waals surface area contributed by atoms with Gasteiger partial charge in [-0.25, -0.2) is 8.78 Å². The molecule has 0 heterocycles. The molecular formula is C9H7BrF2O2S. The first kappa shape index (κ1) is 12.4. The third-order valence-electron chi connectivity index (χ3n) is 1.53. The Morgan fingerprint density at radius 2 is 2.00 bits per heavy atom. The van der Waals surface area contributed by atoms with E-state index in [1.807, 2.05) is 0 Å². The minimum Gasteiger partial charge on any atom is -0.468 e. The third-order valence-corrected chi connectivity index (χ3v) is 3.04. The van der Waals surface area contributed by atoms with Gasteiger partial charge in [-0.3, -0.25) is 4.79 Å². The van der Waals surface area contributed by atoms with Crippen LogP contribution in [0.1, 0.15) is 0 Å². The fourth-order valence-electron chi connectivity index (χ4n) is 0.857. The molecule has 0 amide bonds. The highest BCUT2D eigenvalue weighted by atomic mass is 79.9. The number of methoxy groups -OCH3 is 1. The van der Waals surface area contributed by atoms with Gasteiger partial charge < -0.3 is 4.74 Å². The van der Waals surface area contributed by atoms with Crippen LogP contribution in [-0.4, -0.2) is 18.8 Å². The Bertz CT molecular complexity index is 361. The van der Waals surface area contributed by atoms with E-state index in [-0.39, 0.29) is 10.6 Å². The van der Waals surface area contributed by atoms with Crippen molar-refractivity contribution in [2.24, 2.45) is 0 Å². The van der Waals surface area contributed by atoms with Crippen LogP contribution >= 0.6 is 27.7 Å². The van der Waals surface area contributed by atoms with Crippen LogP contribution in [0.25, 0.3) is 0 Å². The standard InChI is InChI=1S/C9H7BrF2O2S/c1-14-8(13)4-15-9-6(11)2-5(10)3-7(9)12/h2-3H,4H2,1H3. The molecule has 0 unspecified atom stereocenters. The highest BCUT2D eigenvalue weighted by molar-refractivity contribution is 9.10. The fraction of sp³-hybridized carbons (Fsp3) is 0.222. The molecule has 1 aromatic rings. The van der Waals surface area contributed by atoms with Crippen LogP contribution in [0, 0.1) is 11.6 Å². The van der Waals surface area contributed by atoms with E-state index in [0.29, 0.717) is 4.47 Å². The Kier molecular flexibility index (Phi) is 4.53. The zero-order valence-electron chi connectivity index (χ0n) is 7.72. The summed E-state index contributed by atoms with van der Waals surface area (Å²) >= 11 is 3.73. The number of halogens is 3. The third kappa shape index (κ3) is 3.46. The van der Waals surface area contributed by atoms with E-state index in [9.17, 15) is 13.6 Å². The molecule has 1 aromatic carbocycles. The molecule has 0 aliphatic rings. The second-order valence-corrected chi connectivity index (χ2v) is 4.46. The van der Waals surface area contributed by atoms with Crippen molar-refractivity contribution < 1.29 is 18.3 Å². The first-order valence-electron chi connectivity index (χ1n) is 3.88. The number of benzene rings is 1. The Morgan fingerprint density at radius 1 is 1.47 bits per heavy atom. The second kappa shape index (κ2) is 5.46. The molecule has 15 heavy (non-hydrogen) atoms. The van der Waals surface area contributed by atoms with Crippen LogP contribution in [0.3, 0.4) is 0 Å². The highest BCUT2D eigenvalue weighted by Crippen LogP contribution is 2.28. The van der Waals surface area contributed by atoms with E-state index in [4.69, 9.17) is 0 Å². The van der Waals surface area contributed by atoms with Gasteiger partial charge in [0.15, 0.2) is 0 Å². The molecule has 82 valence electrons. The molecule has 0 bridgehead atoms. The molecule has 6 heteroatoms. The Hall–Kier alpha value is -0.620. The number of esters is 1. The van der Waals surface area contributed by atoms with Crippen LogP contribution in [-0.2, 0) is 9.53 Å². The molecule has 0 aliphatic carbocycles. The Labute approximate surface area is 98.1 Å². The van der Waals surface area contributed by atoms with Gasteiger partial charge in [-0.1, -0.05) is 15.9 Å². The molecule has 0 saturated carbocycles. The van der Waals surface area contributed by atoms with Crippen LogP contribution in [0.4, 0.5) is 8.78 Å². The van der Waals surface area contributed by atoms with E-state index < -0.39 is 17.6 Å². The molecule has 0 fully saturated rings. The summed E-state index contributed by atoms with van der Waals surface area (Å²) in [5.74, 6) is -2.04. The van der Waals surface area contributed by atoms with Gasteiger partial charge in [0, 0.05) is 4.47 Å². The van der Waals surface area contributed by atoms with E-state index in [1.165, 1.54) is 7.11 Å². The van der Waals surface area contributed by atoms with Gasteiger partial charge in [-0.15, -0.1) is 11.8 Å². The lowest BCUT2D eigenvalue weighted by molar-refractivity contribution is -0.137. The number of carbonyl (C=O) groups is 1. The predicted molar refractivity (Wildman–Crippen MR) is 56.8 cm³/mol. The van der Waals surface area contributed by atoms with Gasteiger partial charge in [0.2, 0.25) is 0 Å². The van der Waals surface area contributed by atoms with Crippen molar-refractivity contribution in [1.29, 1.82) is 0 Å². The van der Waals surface area contributed by atoms with Gasteiger partial charge in [-0.2, -0.15) is 0 Å². The van der Waals surface area contributed by atoms with Gasteiger partial charge >= 0.3 is 5.97 Å². The highest BCUT2D eigenvalue weighted by Gasteiger charge is 2.13. The molecule has 0 aliphatic heterocycles. The average molecular weight is 297 g/mol. The molecule has 0 atom stereocenters. The number of thioether (sulfide) groups is 1. The normalized spacial score (nSPS) is 10.1. The second-order valence-electron chi connectivity index (χ2n) is 2.56. The quantitative estimate of drug-likeness (QED) is 0.634. The fourth-order valence-corrected chi connectivity index (χ4v) is 2.03. The van der Waals surface area contributed by atoms with Gasteiger partial charge in [-0.05, 0) is 12.1 Å². The van der Waals surface area contributed by atoms with Crippen molar-refractivity contribution in [3.05, 3.63) is 28.2 Å². The summed E-state index contributed by atoms with van der Waals surface area (Å²) in [6, 6.07) is 2.28. The maximum Gasteiger partial charge on any atom is 0.315 e. The van der Waals surface area contributed by atoms with Gasteiger partial charge in [0.25, 0.3) is 0 Å². The van der Waals surface area contributed by atoms with E-state index in [1.54, 1.807) is 0 Å². The van der Waals surface area contributed by atoms with Crippen molar-refractivity contribution >= 4 is 33.7 Å². The molecule has 0 spiro atoms. The molecule has 0 radical (unpaired) electrons. The summed E-state index contributed by atoms with van der Waals surface area (Å²) in [4.78, 5) is 10.6. The zero-order chi connectivity index (χ0) is 11.4. The monoisotopic (exact) mass is 296 g/mol. The van der Waals surface area contributed by atoms with E-state index in [2.05, 4.69) is 20.7 Å². The number of carbonyl (C=O) groups excluding carboxylic acids is 1. The molecule has 0 saturated heterocycles. The minimum atomic E-state index is -0.698. The molecule has 0 aromatic heterocycles. The van der Waals surface area contributed by atoms with Crippen LogP contribution in [0.2, 0.25) is 0 Å². The summed E-state index contributed by atoms with van der Waals surface area (Å²) in [7, 11) is 1.22. The van der Waals surface area contributed by atoms with Crippen LogP contribution < -0.4 is 0 Å². The molecule has 1 rings (SSSR count). The first-order chi connectivity index (χ1) is 7.04. The van der Waals surface area contributed by atoms with Gasteiger partial charge in [0.05, 0.1) is 17.8 Å². The van der Waals surface area contributed by atoms with E-state index >= 15 is 0 Å². The topological polar surface area (TPSA) is 26.3 Å². The van der Waals surface area contributed by atoms with Crippen LogP contribution in [0.15, 0.2) is 21.5 Å². The van der Waals surface area contributed by atoms with E-state index in [0.717, 1.165) is 23.9 Å². The molecular weight excluding hydrogens is 290 g/mol. The number of hydrogen-bond acceptors (Lipinski definition) is 3. The number of hydrogen-bond donors (Lipinski definition) is 0. The SMILES string of the molecule is COC(=O)CSc1c(F)cc(Br)cc1F.